The maximum absolute atomic E-state index is 12.9. The van der Waals surface area contributed by atoms with Gasteiger partial charge in [0, 0.05) is 11.9 Å². The number of anilines is 3. The van der Waals surface area contributed by atoms with E-state index in [1.807, 2.05) is 19.9 Å². The molecule has 2 N–H and O–H groups in total. The van der Waals surface area contributed by atoms with E-state index in [2.05, 4.69) is 15.0 Å². The summed E-state index contributed by atoms with van der Waals surface area (Å²) in [6.45, 7) is 5.19. The number of hydrogen-bond acceptors (Lipinski definition) is 6. The van der Waals surface area contributed by atoms with E-state index >= 15 is 0 Å². The molecule has 0 bridgehead atoms. The summed E-state index contributed by atoms with van der Waals surface area (Å²) >= 11 is 0. The third-order valence-electron chi connectivity index (χ3n) is 4.90. The van der Waals surface area contributed by atoms with E-state index in [4.69, 9.17) is 0 Å². The normalized spacial score (nSPS) is 12.6. The number of carbonyl (C=O) groups is 1. The third kappa shape index (κ3) is 6.12. The van der Waals surface area contributed by atoms with Crippen molar-refractivity contribution in [3.8, 4) is 0 Å². The van der Waals surface area contributed by atoms with Crippen molar-refractivity contribution in [3.05, 3.63) is 78.1 Å². The Morgan fingerprint density at radius 2 is 1.56 bits per heavy atom. The zero-order valence-electron chi connectivity index (χ0n) is 19.2. The van der Waals surface area contributed by atoms with Gasteiger partial charge in [-0.1, -0.05) is 6.07 Å². The van der Waals surface area contributed by atoms with Gasteiger partial charge < -0.3 is 5.32 Å². The van der Waals surface area contributed by atoms with Gasteiger partial charge in [0.25, 0.3) is 10.0 Å². The van der Waals surface area contributed by atoms with Crippen molar-refractivity contribution in [3.63, 3.8) is 0 Å². The van der Waals surface area contributed by atoms with Gasteiger partial charge >= 0.3 is 0 Å². The molecule has 0 saturated heterocycles. The molecule has 0 spiro atoms. The summed E-state index contributed by atoms with van der Waals surface area (Å²) < 4.78 is 53.7. The van der Waals surface area contributed by atoms with Crippen LogP contribution < -0.4 is 14.3 Å². The first-order chi connectivity index (χ1) is 15.9. The largest absolute Gasteiger partial charge is 0.324 e. The SMILES string of the molecule is Cc1cc(C)cc(N([C@H](C)C(=O)Nc2ccc(S(=O)(=O)Nc3cccnc3)cc2)S(C)(=O)=O)c1. The van der Waals surface area contributed by atoms with Gasteiger partial charge in [0.15, 0.2) is 0 Å². The van der Waals surface area contributed by atoms with Crippen LogP contribution in [-0.4, -0.2) is 40.0 Å². The van der Waals surface area contributed by atoms with Crippen LogP contribution in [0.2, 0.25) is 0 Å². The highest BCUT2D eigenvalue weighted by atomic mass is 32.2. The van der Waals surface area contributed by atoms with Gasteiger partial charge in [-0.05, 0) is 80.4 Å². The van der Waals surface area contributed by atoms with Gasteiger partial charge in [0.1, 0.15) is 6.04 Å². The fourth-order valence-electron chi connectivity index (χ4n) is 3.49. The summed E-state index contributed by atoms with van der Waals surface area (Å²) in [7, 11) is -7.61. The highest BCUT2D eigenvalue weighted by molar-refractivity contribution is 7.92. The summed E-state index contributed by atoms with van der Waals surface area (Å²) in [5.41, 5.74) is 2.78. The van der Waals surface area contributed by atoms with Crippen LogP contribution in [0.3, 0.4) is 0 Å². The molecule has 3 rings (SSSR count). The summed E-state index contributed by atoms with van der Waals surface area (Å²) in [6, 6.07) is 13.0. The maximum atomic E-state index is 12.9. The van der Waals surface area contributed by atoms with E-state index in [0.717, 1.165) is 21.7 Å². The Morgan fingerprint density at radius 3 is 2.09 bits per heavy atom. The number of pyridine rings is 1. The van der Waals surface area contributed by atoms with E-state index in [0.29, 0.717) is 17.1 Å². The molecule has 0 unspecified atom stereocenters. The van der Waals surface area contributed by atoms with Crippen LogP contribution in [0.25, 0.3) is 0 Å². The summed E-state index contributed by atoms with van der Waals surface area (Å²) in [5.74, 6) is -0.561. The minimum atomic E-state index is -3.84. The zero-order valence-corrected chi connectivity index (χ0v) is 20.8. The lowest BCUT2D eigenvalue weighted by molar-refractivity contribution is -0.116. The first kappa shape index (κ1) is 25.2. The molecular weight excluding hydrogens is 476 g/mol. The molecule has 180 valence electrons. The van der Waals surface area contributed by atoms with Gasteiger partial charge in [0.05, 0.1) is 28.7 Å². The lowest BCUT2D eigenvalue weighted by Crippen LogP contribution is -2.45. The zero-order chi connectivity index (χ0) is 25.1. The topological polar surface area (TPSA) is 126 Å². The lowest BCUT2D eigenvalue weighted by atomic mass is 10.1. The van der Waals surface area contributed by atoms with Crippen molar-refractivity contribution in [2.45, 2.75) is 31.7 Å². The van der Waals surface area contributed by atoms with Gasteiger partial charge in [0.2, 0.25) is 15.9 Å². The number of aryl methyl sites for hydroxylation is 2. The number of rotatable bonds is 8. The Kier molecular flexibility index (Phi) is 7.27. The molecule has 34 heavy (non-hydrogen) atoms. The number of benzene rings is 2. The number of nitrogens with one attached hydrogen (secondary N) is 2. The fraction of sp³-hybridized carbons (Fsp3) is 0.217. The number of nitrogens with zero attached hydrogens (tertiary/aromatic N) is 2. The van der Waals surface area contributed by atoms with Crippen LogP contribution in [-0.2, 0) is 24.8 Å². The average Bonchev–Trinajstić information content (AvgIpc) is 2.73. The van der Waals surface area contributed by atoms with Gasteiger partial charge in [-0.2, -0.15) is 0 Å². The summed E-state index contributed by atoms with van der Waals surface area (Å²) in [5, 5.41) is 2.65. The molecule has 11 heteroatoms. The standard InChI is InChI=1S/C23H26N4O5S2/c1-16-12-17(2)14-21(13-16)27(33(4,29)30)18(3)23(28)25-19-7-9-22(10-8-19)34(31,32)26-20-6-5-11-24-15-20/h5-15,18,26H,1-4H3,(H,25,28)/t18-/m1/s1. The minimum Gasteiger partial charge on any atom is -0.324 e. The van der Waals surface area contributed by atoms with Crippen molar-refractivity contribution in [2.24, 2.45) is 0 Å². The van der Waals surface area contributed by atoms with E-state index < -0.39 is 32.0 Å². The number of amides is 1. The molecule has 2 aromatic carbocycles. The highest BCUT2D eigenvalue weighted by Gasteiger charge is 2.29. The van der Waals surface area contributed by atoms with Gasteiger partial charge in [-0.25, -0.2) is 16.8 Å². The van der Waals surface area contributed by atoms with E-state index in [1.165, 1.54) is 43.6 Å². The Balaban J connectivity index is 1.78. The molecule has 0 aliphatic heterocycles. The molecule has 3 aromatic rings. The van der Waals surface area contributed by atoms with Gasteiger partial charge in [-0.15, -0.1) is 0 Å². The smallest absolute Gasteiger partial charge is 0.261 e. The highest BCUT2D eigenvalue weighted by Crippen LogP contribution is 2.25. The monoisotopic (exact) mass is 502 g/mol. The molecule has 9 nitrogen and oxygen atoms in total. The quantitative estimate of drug-likeness (QED) is 0.487. The molecule has 1 amide bonds. The molecular formula is C23H26N4O5S2. The van der Waals surface area contributed by atoms with Crippen molar-refractivity contribution in [2.75, 3.05) is 20.6 Å². The lowest BCUT2D eigenvalue weighted by Gasteiger charge is -2.28. The Morgan fingerprint density at radius 1 is 0.941 bits per heavy atom. The fourth-order valence-corrected chi connectivity index (χ4v) is 5.69. The molecule has 0 aliphatic carbocycles. The molecule has 0 fully saturated rings. The first-order valence-corrected chi connectivity index (χ1v) is 13.6. The first-order valence-electron chi connectivity index (χ1n) is 10.3. The number of aromatic nitrogens is 1. The van der Waals surface area contributed by atoms with Gasteiger partial charge in [-0.3, -0.25) is 18.8 Å². The second-order valence-corrected chi connectivity index (χ2v) is 11.5. The van der Waals surface area contributed by atoms with Crippen molar-refractivity contribution >= 4 is 43.0 Å². The molecule has 1 aromatic heterocycles. The van der Waals surface area contributed by atoms with Crippen LogP contribution in [0.15, 0.2) is 71.9 Å². The Bertz CT molecular complexity index is 1370. The molecule has 1 atom stereocenters. The number of sulfonamides is 2. The maximum Gasteiger partial charge on any atom is 0.261 e. The predicted molar refractivity (Wildman–Crippen MR) is 133 cm³/mol. The number of carbonyl (C=O) groups excluding carboxylic acids is 1. The van der Waals surface area contributed by atoms with Crippen LogP contribution >= 0.6 is 0 Å². The van der Waals surface area contributed by atoms with Crippen LogP contribution in [0.1, 0.15) is 18.1 Å². The molecule has 0 aliphatic rings. The second kappa shape index (κ2) is 9.82. The van der Waals surface area contributed by atoms with Crippen LogP contribution in [0.5, 0.6) is 0 Å². The predicted octanol–water partition coefficient (Wildman–Crippen LogP) is 3.29. The van der Waals surface area contributed by atoms with Crippen molar-refractivity contribution < 1.29 is 21.6 Å². The Hall–Kier alpha value is -3.44. The summed E-state index contributed by atoms with van der Waals surface area (Å²) in [6.07, 6.45) is 3.96. The van der Waals surface area contributed by atoms with E-state index in [9.17, 15) is 21.6 Å². The molecule has 1 heterocycles. The molecule has 0 saturated carbocycles. The third-order valence-corrected chi connectivity index (χ3v) is 7.53. The molecule has 0 radical (unpaired) electrons. The number of hydrogen-bond donors (Lipinski definition) is 2. The average molecular weight is 503 g/mol. The van der Waals surface area contributed by atoms with E-state index in [1.54, 1.807) is 24.3 Å². The minimum absolute atomic E-state index is 0.00426. The van der Waals surface area contributed by atoms with Crippen LogP contribution in [0, 0.1) is 13.8 Å². The van der Waals surface area contributed by atoms with Crippen molar-refractivity contribution in [1.82, 2.24) is 4.98 Å². The second-order valence-electron chi connectivity index (χ2n) is 7.94. The van der Waals surface area contributed by atoms with E-state index in [-0.39, 0.29) is 4.90 Å². The van der Waals surface area contributed by atoms with Crippen LogP contribution in [0.4, 0.5) is 17.1 Å². The Labute approximate surface area is 199 Å². The van der Waals surface area contributed by atoms with Crippen molar-refractivity contribution in [1.29, 1.82) is 0 Å². The summed E-state index contributed by atoms with van der Waals surface area (Å²) in [4.78, 5) is 16.8.